The van der Waals surface area contributed by atoms with Crippen molar-refractivity contribution in [2.75, 3.05) is 25.5 Å². The van der Waals surface area contributed by atoms with Crippen molar-refractivity contribution in [3.05, 3.63) is 47.7 Å². The topological polar surface area (TPSA) is 121 Å². The van der Waals surface area contributed by atoms with Gasteiger partial charge in [0.2, 0.25) is 12.7 Å². The van der Waals surface area contributed by atoms with Crippen molar-refractivity contribution in [2.45, 2.75) is 37.5 Å². The zero-order chi connectivity index (χ0) is 24.3. The van der Waals surface area contributed by atoms with Gasteiger partial charge in [-0.15, -0.1) is 0 Å². The van der Waals surface area contributed by atoms with Gasteiger partial charge in [-0.05, 0) is 24.6 Å². The Morgan fingerprint density at radius 2 is 2.15 bits per heavy atom. The Kier molecular flexibility index (Phi) is 6.87. The summed E-state index contributed by atoms with van der Waals surface area (Å²) >= 11 is 0. The van der Waals surface area contributed by atoms with E-state index >= 15 is 4.39 Å². The normalized spacial score (nSPS) is 26.1. The van der Waals surface area contributed by atoms with Gasteiger partial charge in [0.25, 0.3) is 11.9 Å². The highest BCUT2D eigenvalue weighted by Crippen LogP contribution is 2.47. The van der Waals surface area contributed by atoms with Crippen LogP contribution in [0.3, 0.4) is 0 Å². The van der Waals surface area contributed by atoms with Crippen LogP contribution in [0.15, 0.2) is 35.6 Å². The molecule has 0 radical (unpaired) electrons. The molecule has 12 heteroatoms. The number of fused-ring (bicyclic) bond motifs is 1. The van der Waals surface area contributed by atoms with E-state index in [9.17, 15) is 13.6 Å². The lowest BCUT2D eigenvalue weighted by Crippen LogP contribution is -2.58. The minimum Gasteiger partial charge on any atom is -0.462 e. The third kappa shape index (κ3) is 4.37. The second-order valence-electron chi connectivity index (χ2n) is 7.94. The number of amidine groups is 1. The zero-order valence-corrected chi connectivity index (χ0v) is 18.3. The lowest BCUT2D eigenvalue weighted by atomic mass is 9.70. The Morgan fingerprint density at radius 3 is 2.82 bits per heavy atom. The lowest BCUT2D eigenvalue weighted by molar-refractivity contribution is -0.129. The molecule has 1 aromatic carbocycles. The van der Waals surface area contributed by atoms with Gasteiger partial charge < -0.3 is 25.3 Å². The maximum Gasteiger partial charge on any atom is 0.283 e. The summed E-state index contributed by atoms with van der Waals surface area (Å²) in [4.78, 5) is 24.5. The maximum absolute atomic E-state index is 15.1. The monoisotopic (exact) mass is 479 g/mol. The molecule has 9 nitrogen and oxygen atoms in total. The predicted octanol–water partition coefficient (Wildman–Crippen LogP) is 2.87. The first-order valence-corrected chi connectivity index (χ1v) is 10.7. The molecule has 2 aliphatic rings. The number of carbonyl (C=O) groups is 1. The van der Waals surface area contributed by atoms with Crippen LogP contribution < -0.4 is 15.8 Å². The number of amides is 1. The van der Waals surface area contributed by atoms with Crippen LogP contribution >= 0.6 is 0 Å². The Balaban J connectivity index is 1.68. The molecule has 4 rings (SSSR count). The molecule has 34 heavy (non-hydrogen) atoms. The Hall–Kier alpha value is -3.41. The van der Waals surface area contributed by atoms with Gasteiger partial charge >= 0.3 is 0 Å². The van der Waals surface area contributed by atoms with E-state index in [0.717, 1.165) is 18.5 Å². The average Bonchev–Trinajstić information content (AvgIpc) is 2.84. The van der Waals surface area contributed by atoms with E-state index in [4.69, 9.17) is 15.2 Å². The number of aliphatic imine (C=N–C) groups is 1. The summed E-state index contributed by atoms with van der Waals surface area (Å²) in [6, 6.07) is 3.54. The van der Waals surface area contributed by atoms with Crippen LogP contribution in [0.1, 0.15) is 35.8 Å². The van der Waals surface area contributed by atoms with Crippen LogP contribution in [0.2, 0.25) is 0 Å². The largest absolute Gasteiger partial charge is 0.462 e. The molecule has 2 aromatic rings. The number of anilines is 1. The van der Waals surface area contributed by atoms with Crippen LogP contribution in [-0.2, 0) is 15.0 Å². The molecule has 1 amide bonds. The van der Waals surface area contributed by atoms with Crippen molar-refractivity contribution in [3.63, 3.8) is 0 Å². The molecule has 3 N–H and O–H groups in total. The van der Waals surface area contributed by atoms with E-state index in [-0.39, 0.29) is 28.8 Å². The first kappa shape index (κ1) is 23.7. The molecule has 0 spiro atoms. The molecule has 4 unspecified atom stereocenters. The molecular weight excluding hydrogens is 455 g/mol. The average molecular weight is 479 g/mol. The fourth-order valence-electron chi connectivity index (χ4n) is 4.55. The smallest absolute Gasteiger partial charge is 0.283 e. The summed E-state index contributed by atoms with van der Waals surface area (Å²) in [6.07, 6.45) is 2.27. The summed E-state index contributed by atoms with van der Waals surface area (Å²) in [5, 5.41) is 2.58. The summed E-state index contributed by atoms with van der Waals surface area (Å²) in [5.74, 6) is -2.08. The fraction of sp³-hybridized carbons (Fsp3) is 0.455. The van der Waals surface area contributed by atoms with Crippen molar-refractivity contribution < 1.29 is 32.2 Å². The molecule has 0 saturated carbocycles. The van der Waals surface area contributed by atoms with Gasteiger partial charge in [0.1, 0.15) is 29.8 Å². The third-order valence-corrected chi connectivity index (χ3v) is 6.03. The van der Waals surface area contributed by atoms with Crippen molar-refractivity contribution in [1.29, 1.82) is 0 Å². The quantitative estimate of drug-likeness (QED) is 0.626. The molecule has 0 aliphatic carbocycles. The van der Waals surface area contributed by atoms with Gasteiger partial charge in [-0.2, -0.15) is 0 Å². The summed E-state index contributed by atoms with van der Waals surface area (Å²) in [5.41, 5.74) is 4.21. The van der Waals surface area contributed by atoms with E-state index in [1.54, 1.807) is 0 Å². The molecule has 4 atom stereocenters. The second-order valence-corrected chi connectivity index (χ2v) is 7.94. The SMILES string of the molecule is CCC1OCCC2OC(N)=NC(CF)(c3cc(NC(=O)c4cnc(OCF)cn4)ccc3F)C12. The molecule has 2 aliphatic heterocycles. The van der Waals surface area contributed by atoms with Crippen LogP contribution in [-0.4, -0.2) is 54.2 Å². The van der Waals surface area contributed by atoms with Gasteiger partial charge in [0, 0.05) is 17.7 Å². The number of nitrogens with two attached hydrogens (primary N) is 1. The highest BCUT2D eigenvalue weighted by Gasteiger charge is 2.55. The van der Waals surface area contributed by atoms with Gasteiger partial charge in [-0.3, -0.25) is 4.79 Å². The first-order chi connectivity index (χ1) is 16.4. The molecule has 0 bridgehead atoms. The van der Waals surface area contributed by atoms with E-state index in [1.807, 2.05) is 6.92 Å². The number of alkyl halides is 2. The van der Waals surface area contributed by atoms with Crippen LogP contribution in [0.4, 0.5) is 18.9 Å². The predicted molar refractivity (Wildman–Crippen MR) is 115 cm³/mol. The molecular formula is C22H24F3N5O4. The maximum atomic E-state index is 15.1. The molecule has 1 aromatic heterocycles. The standard InChI is InChI=1S/C22H24F3N5O4/c1-2-16-19-17(5-6-32-16)34-21(26)30-22(19,10-23)13-7-12(3-4-14(13)25)29-20(31)15-8-28-18(9-27-15)33-11-24/h3-4,7-9,16-17,19H,2,5-6,10-11H2,1H3,(H2,26,30)(H,29,31). The fourth-order valence-corrected chi connectivity index (χ4v) is 4.55. The molecule has 1 saturated heterocycles. The van der Waals surface area contributed by atoms with E-state index in [0.29, 0.717) is 19.4 Å². The molecule has 3 heterocycles. The Bertz CT molecular complexity index is 1070. The number of hydrogen-bond acceptors (Lipinski definition) is 8. The minimum absolute atomic E-state index is 0.0734. The van der Waals surface area contributed by atoms with Gasteiger partial charge in [-0.25, -0.2) is 28.1 Å². The van der Waals surface area contributed by atoms with E-state index in [1.165, 1.54) is 12.1 Å². The number of halogens is 3. The zero-order valence-electron chi connectivity index (χ0n) is 18.3. The van der Waals surface area contributed by atoms with Gasteiger partial charge in [0.05, 0.1) is 31.0 Å². The number of nitrogens with zero attached hydrogens (tertiary/aromatic N) is 3. The summed E-state index contributed by atoms with van der Waals surface area (Å²) < 4.78 is 58.2. The highest BCUT2D eigenvalue weighted by atomic mass is 19.1. The molecule has 182 valence electrons. The number of ether oxygens (including phenoxy) is 3. The first-order valence-electron chi connectivity index (χ1n) is 10.7. The van der Waals surface area contributed by atoms with Crippen molar-refractivity contribution >= 4 is 17.6 Å². The summed E-state index contributed by atoms with van der Waals surface area (Å²) in [6.45, 7) is 0.159. The third-order valence-electron chi connectivity index (χ3n) is 6.03. The van der Waals surface area contributed by atoms with Gasteiger partial charge in [-0.1, -0.05) is 6.92 Å². The number of aromatic nitrogens is 2. The summed E-state index contributed by atoms with van der Waals surface area (Å²) in [7, 11) is 0. The number of rotatable bonds is 7. The van der Waals surface area contributed by atoms with Crippen LogP contribution in [0, 0.1) is 11.7 Å². The number of nitrogens with one attached hydrogen (secondary N) is 1. The number of benzene rings is 1. The second kappa shape index (κ2) is 9.84. The van der Waals surface area contributed by atoms with E-state index < -0.39 is 48.9 Å². The lowest BCUT2D eigenvalue weighted by Gasteiger charge is -2.49. The minimum atomic E-state index is -1.69. The van der Waals surface area contributed by atoms with Crippen molar-refractivity contribution in [1.82, 2.24) is 9.97 Å². The van der Waals surface area contributed by atoms with Crippen LogP contribution in [0.5, 0.6) is 5.88 Å². The van der Waals surface area contributed by atoms with Crippen molar-refractivity contribution in [3.8, 4) is 5.88 Å². The van der Waals surface area contributed by atoms with Gasteiger partial charge in [0.15, 0.2) is 0 Å². The van der Waals surface area contributed by atoms with E-state index in [2.05, 4.69) is 25.0 Å². The number of hydrogen-bond donors (Lipinski definition) is 2. The Labute approximate surface area is 193 Å². The number of carbonyl (C=O) groups excluding carboxylic acids is 1. The van der Waals surface area contributed by atoms with Crippen LogP contribution in [0.25, 0.3) is 0 Å². The highest BCUT2D eigenvalue weighted by molar-refractivity contribution is 6.02. The van der Waals surface area contributed by atoms with Crippen molar-refractivity contribution in [2.24, 2.45) is 16.6 Å². The molecule has 1 fully saturated rings. The Morgan fingerprint density at radius 1 is 1.32 bits per heavy atom.